The van der Waals surface area contributed by atoms with Gasteiger partial charge in [-0.3, -0.25) is 0 Å². The van der Waals surface area contributed by atoms with Crippen molar-refractivity contribution in [1.29, 1.82) is 0 Å². The quantitative estimate of drug-likeness (QED) is 0.690. The summed E-state index contributed by atoms with van der Waals surface area (Å²) in [5.74, 6) is 1.54. The summed E-state index contributed by atoms with van der Waals surface area (Å²) in [7, 11) is -2.15. The molecule has 3 aromatic rings. The van der Waals surface area contributed by atoms with Gasteiger partial charge in [-0.15, -0.1) is 0 Å². The van der Waals surface area contributed by atoms with E-state index in [1.807, 2.05) is 12.1 Å². The van der Waals surface area contributed by atoms with Gasteiger partial charge in [-0.05, 0) is 35.9 Å². The molecule has 2 aromatic carbocycles. The number of aromatic nitrogens is 1. The Balaban J connectivity index is 1.70. The Hall–Kier alpha value is -2.90. The van der Waals surface area contributed by atoms with Crippen molar-refractivity contribution in [2.45, 2.75) is 11.4 Å². The van der Waals surface area contributed by atoms with Crippen molar-refractivity contribution in [3.8, 4) is 17.4 Å². The maximum Gasteiger partial charge on any atom is 0.241 e. The van der Waals surface area contributed by atoms with Gasteiger partial charge in [0.1, 0.15) is 11.5 Å². The van der Waals surface area contributed by atoms with Crippen LogP contribution in [0.4, 0.5) is 0 Å². The first-order valence-corrected chi connectivity index (χ1v) is 9.37. The van der Waals surface area contributed by atoms with E-state index in [1.54, 1.807) is 48.7 Å². The van der Waals surface area contributed by atoms with Gasteiger partial charge in [0.25, 0.3) is 0 Å². The van der Waals surface area contributed by atoms with Gasteiger partial charge in [-0.25, -0.2) is 18.1 Å². The molecule has 0 saturated carbocycles. The Morgan fingerprint density at radius 2 is 1.77 bits per heavy atom. The van der Waals surface area contributed by atoms with Crippen LogP contribution in [0.15, 0.2) is 77.8 Å². The number of hydrogen-bond acceptors (Lipinski definition) is 5. The largest absolute Gasteiger partial charge is 0.497 e. The molecule has 0 saturated heterocycles. The minimum atomic E-state index is -3.65. The van der Waals surface area contributed by atoms with Gasteiger partial charge < -0.3 is 9.47 Å². The number of nitrogens with one attached hydrogen (secondary N) is 1. The van der Waals surface area contributed by atoms with E-state index in [0.717, 1.165) is 5.56 Å². The number of sulfonamides is 1. The summed E-state index contributed by atoms with van der Waals surface area (Å²) in [4.78, 5) is 4.25. The molecular formula is C19H18N2O4S. The van der Waals surface area contributed by atoms with Crippen LogP contribution in [0.1, 0.15) is 5.56 Å². The monoisotopic (exact) mass is 370 g/mol. The molecule has 26 heavy (non-hydrogen) atoms. The second kappa shape index (κ2) is 7.99. The van der Waals surface area contributed by atoms with Crippen molar-refractivity contribution in [2.24, 2.45) is 0 Å². The average molecular weight is 370 g/mol. The van der Waals surface area contributed by atoms with Crippen LogP contribution in [-0.2, 0) is 16.6 Å². The highest BCUT2D eigenvalue weighted by molar-refractivity contribution is 7.89. The highest BCUT2D eigenvalue weighted by atomic mass is 32.2. The van der Waals surface area contributed by atoms with E-state index >= 15 is 0 Å². The molecule has 0 bridgehead atoms. The highest BCUT2D eigenvalue weighted by Crippen LogP contribution is 2.21. The summed E-state index contributed by atoms with van der Waals surface area (Å²) >= 11 is 0. The molecule has 0 aliphatic carbocycles. The first-order valence-electron chi connectivity index (χ1n) is 7.88. The van der Waals surface area contributed by atoms with Crippen molar-refractivity contribution in [3.05, 3.63) is 78.5 Å². The number of nitrogens with zero attached hydrogens (tertiary/aromatic N) is 1. The topological polar surface area (TPSA) is 77.5 Å². The van der Waals surface area contributed by atoms with E-state index in [2.05, 4.69) is 9.71 Å². The Morgan fingerprint density at radius 1 is 0.962 bits per heavy atom. The van der Waals surface area contributed by atoms with E-state index in [-0.39, 0.29) is 11.4 Å². The SMILES string of the molecule is COc1cccc(S(=O)(=O)NCc2cccc(Oc3ccccn3)c2)c1. The van der Waals surface area contributed by atoms with E-state index in [0.29, 0.717) is 17.4 Å². The zero-order chi connectivity index (χ0) is 18.4. The highest BCUT2D eigenvalue weighted by Gasteiger charge is 2.14. The molecule has 0 atom stereocenters. The fourth-order valence-electron chi connectivity index (χ4n) is 2.28. The molecule has 1 aromatic heterocycles. The third kappa shape index (κ3) is 4.59. The third-order valence-corrected chi connectivity index (χ3v) is 4.98. The normalized spacial score (nSPS) is 11.1. The lowest BCUT2D eigenvalue weighted by molar-refractivity contribution is 0.413. The van der Waals surface area contributed by atoms with E-state index in [4.69, 9.17) is 9.47 Å². The van der Waals surface area contributed by atoms with Crippen LogP contribution < -0.4 is 14.2 Å². The number of benzene rings is 2. The van der Waals surface area contributed by atoms with Crippen LogP contribution in [0.2, 0.25) is 0 Å². The third-order valence-electron chi connectivity index (χ3n) is 3.58. The summed E-state index contributed by atoms with van der Waals surface area (Å²) in [6.45, 7) is 0.138. The van der Waals surface area contributed by atoms with Crippen LogP contribution in [0.3, 0.4) is 0 Å². The number of hydrogen-bond donors (Lipinski definition) is 1. The number of rotatable bonds is 7. The number of pyridine rings is 1. The fraction of sp³-hybridized carbons (Fsp3) is 0.105. The van der Waals surface area contributed by atoms with Crippen LogP contribution in [0.25, 0.3) is 0 Å². The zero-order valence-electron chi connectivity index (χ0n) is 14.1. The minimum absolute atomic E-state index is 0.138. The smallest absolute Gasteiger partial charge is 0.241 e. The molecule has 1 heterocycles. The summed E-state index contributed by atoms with van der Waals surface area (Å²) in [5.41, 5.74) is 0.768. The Morgan fingerprint density at radius 3 is 2.54 bits per heavy atom. The number of methoxy groups -OCH3 is 1. The van der Waals surface area contributed by atoms with E-state index in [9.17, 15) is 8.42 Å². The molecule has 0 amide bonds. The molecule has 3 rings (SSSR count). The van der Waals surface area contributed by atoms with Crippen LogP contribution >= 0.6 is 0 Å². The minimum Gasteiger partial charge on any atom is -0.497 e. The van der Waals surface area contributed by atoms with Crippen molar-refractivity contribution in [1.82, 2.24) is 9.71 Å². The molecule has 0 unspecified atom stereocenters. The maximum absolute atomic E-state index is 12.4. The second-order valence-corrected chi connectivity index (χ2v) is 7.19. The van der Waals surface area contributed by atoms with Crippen molar-refractivity contribution in [2.75, 3.05) is 7.11 Å². The van der Waals surface area contributed by atoms with Gasteiger partial charge in [-0.2, -0.15) is 0 Å². The van der Waals surface area contributed by atoms with Gasteiger partial charge in [0.05, 0.1) is 12.0 Å². The lowest BCUT2D eigenvalue weighted by Gasteiger charge is -2.10. The molecule has 6 nitrogen and oxygen atoms in total. The van der Waals surface area contributed by atoms with Gasteiger partial charge in [0, 0.05) is 24.9 Å². The van der Waals surface area contributed by atoms with Crippen molar-refractivity contribution < 1.29 is 17.9 Å². The Labute approximate surface area is 152 Å². The maximum atomic E-state index is 12.4. The average Bonchev–Trinajstić information content (AvgIpc) is 2.68. The van der Waals surface area contributed by atoms with Crippen LogP contribution in [0, 0.1) is 0 Å². The Bertz CT molecular complexity index is 976. The lowest BCUT2D eigenvalue weighted by atomic mass is 10.2. The van der Waals surface area contributed by atoms with Gasteiger partial charge in [0.15, 0.2) is 0 Å². The van der Waals surface area contributed by atoms with Crippen LogP contribution in [0.5, 0.6) is 17.4 Å². The molecular weight excluding hydrogens is 352 g/mol. The molecule has 0 fully saturated rings. The Kier molecular flexibility index (Phi) is 5.50. The van der Waals surface area contributed by atoms with Gasteiger partial charge in [-0.1, -0.05) is 24.3 Å². The molecule has 0 aliphatic heterocycles. The zero-order valence-corrected chi connectivity index (χ0v) is 14.9. The van der Waals surface area contributed by atoms with Crippen molar-refractivity contribution in [3.63, 3.8) is 0 Å². The summed E-state index contributed by atoms with van der Waals surface area (Å²) in [5, 5.41) is 0. The molecule has 0 radical (unpaired) electrons. The van der Waals surface area contributed by atoms with Gasteiger partial charge >= 0.3 is 0 Å². The first-order chi connectivity index (χ1) is 12.6. The molecule has 7 heteroatoms. The standard InChI is InChI=1S/C19H18N2O4S/c1-24-16-7-5-9-18(13-16)26(22,23)21-14-15-6-4-8-17(12-15)25-19-10-2-3-11-20-19/h2-13,21H,14H2,1H3. The molecule has 0 spiro atoms. The first kappa shape index (κ1) is 17.9. The molecule has 1 N–H and O–H groups in total. The summed E-state index contributed by atoms with van der Waals surface area (Å²) in [6, 6.07) is 18.9. The summed E-state index contributed by atoms with van der Waals surface area (Å²) in [6.07, 6.45) is 1.64. The van der Waals surface area contributed by atoms with E-state index in [1.165, 1.54) is 19.2 Å². The number of ether oxygens (including phenoxy) is 2. The predicted octanol–water partition coefficient (Wildman–Crippen LogP) is 3.36. The molecule has 0 aliphatic rings. The fourth-order valence-corrected chi connectivity index (χ4v) is 3.33. The van der Waals surface area contributed by atoms with Crippen molar-refractivity contribution >= 4 is 10.0 Å². The van der Waals surface area contributed by atoms with Gasteiger partial charge in [0.2, 0.25) is 15.9 Å². The lowest BCUT2D eigenvalue weighted by Crippen LogP contribution is -2.23. The molecule has 134 valence electrons. The van der Waals surface area contributed by atoms with E-state index < -0.39 is 10.0 Å². The summed E-state index contributed by atoms with van der Waals surface area (Å²) < 4.78 is 38.2. The second-order valence-electron chi connectivity index (χ2n) is 5.42. The van der Waals surface area contributed by atoms with Crippen LogP contribution in [-0.4, -0.2) is 20.5 Å². The predicted molar refractivity (Wildman–Crippen MR) is 97.8 cm³/mol.